The Labute approximate surface area is 236 Å². The van der Waals surface area contributed by atoms with Crippen LogP contribution in [-0.2, 0) is 4.79 Å². The Morgan fingerprint density at radius 2 is 1.52 bits per heavy atom. The molecule has 0 unspecified atom stereocenters. The van der Waals surface area contributed by atoms with E-state index in [1.165, 1.54) is 17.8 Å². The zero-order chi connectivity index (χ0) is 27.7. The molecule has 8 heteroatoms. The SMILES string of the molecule is COc1ccc(/C=C/C(=O)c2ccc(NC(=O)CSc3nnc(-c4ccccc4)n3-c3ccccc3)cc2)cc1. The summed E-state index contributed by atoms with van der Waals surface area (Å²) in [4.78, 5) is 25.3. The summed E-state index contributed by atoms with van der Waals surface area (Å²) in [6.45, 7) is 0. The average molecular weight is 547 g/mol. The van der Waals surface area contributed by atoms with E-state index in [0.717, 1.165) is 22.6 Å². The lowest BCUT2D eigenvalue weighted by Crippen LogP contribution is -2.14. The van der Waals surface area contributed by atoms with Crippen molar-refractivity contribution in [3.05, 3.63) is 126 Å². The van der Waals surface area contributed by atoms with Gasteiger partial charge in [0.25, 0.3) is 0 Å². The number of aromatic nitrogens is 3. The first-order valence-corrected chi connectivity index (χ1v) is 13.5. The predicted octanol–water partition coefficient (Wildman–Crippen LogP) is 6.57. The Hall–Kier alpha value is -4.95. The second-order valence-corrected chi connectivity index (χ2v) is 9.67. The molecule has 0 aliphatic rings. The molecule has 4 aromatic carbocycles. The van der Waals surface area contributed by atoms with Crippen molar-refractivity contribution in [2.75, 3.05) is 18.2 Å². The Kier molecular flexibility index (Phi) is 8.48. The number of thioether (sulfide) groups is 1. The summed E-state index contributed by atoms with van der Waals surface area (Å²) < 4.78 is 7.10. The molecule has 0 saturated carbocycles. The monoisotopic (exact) mass is 546 g/mol. The molecular formula is C32H26N4O3S. The molecule has 0 saturated heterocycles. The number of methoxy groups -OCH3 is 1. The van der Waals surface area contributed by atoms with E-state index >= 15 is 0 Å². The number of ketones is 1. The van der Waals surface area contributed by atoms with Crippen LogP contribution in [0.3, 0.4) is 0 Å². The molecule has 0 atom stereocenters. The normalized spacial score (nSPS) is 10.9. The van der Waals surface area contributed by atoms with Crippen LogP contribution in [0.25, 0.3) is 23.2 Å². The van der Waals surface area contributed by atoms with Crippen molar-refractivity contribution in [2.24, 2.45) is 0 Å². The first kappa shape index (κ1) is 26.6. The first-order valence-electron chi connectivity index (χ1n) is 12.6. The van der Waals surface area contributed by atoms with Gasteiger partial charge in [-0.05, 0) is 60.2 Å². The third kappa shape index (κ3) is 6.54. The highest BCUT2D eigenvalue weighted by Gasteiger charge is 2.17. The van der Waals surface area contributed by atoms with Crippen LogP contribution in [0.4, 0.5) is 5.69 Å². The van der Waals surface area contributed by atoms with Gasteiger partial charge in [0, 0.05) is 22.5 Å². The van der Waals surface area contributed by atoms with E-state index in [1.807, 2.05) is 89.5 Å². The van der Waals surface area contributed by atoms with E-state index in [9.17, 15) is 9.59 Å². The van der Waals surface area contributed by atoms with Crippen LogP contribution < -0.4 is 10.1 Å². The molecule has 40 heavy (non-hydrogen) atoms. The van der Waals surface area contributed by atoms with Gasteiger partial charge in [-0.15, -0.1) is 10.2 Å². The van der Waals surface area contributed by atoms with Crippen molar-refractivity contribution < 1.29 is 14.3 Å². The fraction of sp³-hybridized carbons (Fsp3) is 0.0625. The van der Waals surface area contributed by atoms with E-state index in [-0.39, 0.29) is 17.4 Å². The van der Waals surface area contributed by atoms with Gasteiger partial charge in [-0.25, -0.2) is 0 Å². The second kappa shape index (κ2) is 12.7. The lowest BCUT2D eigenvalue weighted by molar-refractivity contribution is -0.113. The number of amides is 1. The molecule has 198 valence electrons. The Bertz CT molecular complexity index is 1620. The number of hydrogen-bond acceptors (Lipinski definition) is 6. The zero-order valence-corrected chi connectivity index (χ0v) is 22.5. The largest absolute Gasteiger partial charge is 0.497 e. The van der Waals surface area contributed by atoms with Crippen LogP contribution in [0.5, 0.6) is 5.75 Å². The van der Waals surface area contributed by atoms with Crippen molar-refractivity contribution in [3.63, 3.8) is 0 Å². The molecule has 0 fully saturated rings. The number of carbonyl (C=O) groups excluding carboxylic acids is 2. The number of rotatable bonds is 10. The summed E-state index contributed by atoms with van der Waals surface area (Å²) in [5.74, 6) is 1.29. The average Bonchev–Trinajstić information content (AvgIpc) is 3.44. The summed E-state index contributed by atoms with van der Waals surface area (Å²) in [5, 5.41) is 12.3. The standard InChI is InChI=1S/C32H26N4O3S/c1-39-28-19-12-23(13-20-28)14-21-29(37)24-15-17-26(18-16-24)33-30(38)22-40-32-35-34-31(25-8-4-2-5-9-25)36(32)27-10-6-3-7-11-27/h2-21H,22H2,1H3,(H,33,38)/b21-14+. The van der Waals surface area contributed by atoms with E-state index in [1.54, 1.807) is 37.5 Å². The van der Waals surface area contributed by atoms with Gasteiger partial charge < -0.3 is 10.1 Å². The molecule has 7 nitrogen and oxygen atoms in total. The minimum Gasteiger partial charge on any atom is -0.497 e. The summed E-state index contributed by atoms with van der Waals surface area (Å²) in [6.07, 6.45) is 3.28. The molecule has 5 rings (SSSR count). The lowest BCUT2D eigenvalue weighted by Gasteiger charge is -2.10. The van der Waals surface area contributed by atoms with E-state index in [4.69, 9.17) is 4.74 Å². The Morgan fingerprint density at radius 3 is 2.20 bits per heavy atom. The van der Waals surface area contributed by atoms with Crippen molar-refractivity contribution in [1.29, 1.82) is 0 Å². The zero-order valence-electron chi connectivity index (χ0n) is 21.7. The van der Waals surface area contributed by atoms with Gasteiger partial charge in [0.15, 0.2) is 16.8 Å². The summed E-state index contributed by atoms with van der Waals surface area (Å²) >= 11 is 1.31. The fourth-order valence-corrected chi connectivity index (χ4v) is 4.73. The van der Waals surface area contributed by atoms with Crippen LogP contribution in [0.2, 0.25) is 0 Å². The maximum Gasteiger partial charge on any atom is 0.234 e. The highest BCUT2D eigenvalue weighted by molar-refractivity contribution is 7.99. The van der Waals surface area contributed by atoms with Crippen LogP contribution in [-0.4, -0.2) is 39.3 Å². The molecule has 0 radical (unpaired) electrons. The molecule has 5 aromatic rings. The van der Waals surface area contributed by atoms with Crippen LogP contribution in [0.1, 0.15) is 15.9 Å². The van der Waals surface area contributed by atoms with Gasteiger partial charge in [-0.1, -0.05) is 78.5 Å². The van der Waals surface area contributed by atoms with Crippen molar-refractivity contribution in [1.82, 2.24) is 14.8 Å². The molecule has 1 aromatic heterocycles. The molecule has 1 heterocycles. The number of nitrogens with zero attached hydrogens (tertiary/aromatic N) is 3. The first-order chi connectivity index (χ1) is 19.6. The minimum absolute atomic E-state index is 0.126. The summed E-state index contributed by atoms with van der Waals surface area (Å²) in [7, 11) is 1.61. The van der Waals surface area contributed by atoms with Gasteiger partial charge in [-0.2, -0.15) is 0 Å². The van der Waals surface area contributed by atoms with Crippen LogP contribution >= 0.6 is 11.8 Å². The highest BCUT2D eigenvalue weighted by Crippen LogP contribution is 2.28. The van der Waals surface area contributed by atoms with E-state index < -0.39 is 0 Å². The number of ether oxygens (including phenoxy) is 1. The number of anilines is 1. The lowest BCUT2D eigenvalue weighted by atomic mass is 10.1. The summed E-state index contributed by atoms with van der Waals surface area (Å²) in [5.41, 5.74) is 3.88. The predicted molar refractivity (Wildman–Crippen MR) is 159 cm³/mol. The van der Waals surface area contributed by atoms with Gasteiger partial charge in [0.1, 0.15) is 5.75 Å². The molecule has 0 aliphatic carbocycles. The number of carbonyl (C=O) groups is 2. The maximum atomic E-state index is 12.8. The van der Waals surface area contributed by atoms with Crippen LogP contribution in [0.15, 0.2) is 120 Å². The number of benzene rings is 4. The molecule has 1 N–H and O–H groups in total. The van der Waals surface area contributed by atoms with Crippen molar-refractivity contribution in [3.8, 4) is 22.8 Å². The molecule has 0 bridgehead atoms. The summed E-state index contributed by atoms with van der Waals surface area (Å²) in [6, 6.07) is 33.9. The Balaban J connectivity index is 1.22. The highest BCUT2D eigenvalue weighted by atomic mass is 32.2. The molecule has 0 aliphatic heterocycles. The van der Waals surface area contributed by atoms with Gasteiger partial charge in [-0.3, -0.25) is 14.2 Å². The third-order valence-electron chi connectivity index (χ3n) is 6.01. The second-order valence-electron chi connectivity index (χ2n) is 8.73. The topological polar surface area (TPSA) is 86.1 Å². The van der Waals surface area contributed by atoms with E-state index in [0.29, 0.717) is 22.2 Å². The van der Waals surface area contributed by atoms with Gasteiger partial charge in [0.05, 0.1) is 12.9 Å². The Morgan fingerprint density at radius 1 is 0.850 bits per heavy atom. The molecule has 1 amide bonds. The van der Waals surface area contributed by atoms with E-state index in [2.05, 4.69) is 15.5 Å². The minimum atomic E-state index is -0.188. The number of hydrogen-bond donors (Lipinski definition) is 1. The third-order valence-corrected chi connectivity index (χ3v) is 6.94. The molecule has 0 spiro atoms. The van der Waals surface area contributed by atoms with Crippen LogP contribution in [0, 0.1) is 0 Å². The number of para-hydroxylation sites is 1. The quantitative estimate of drug-likeness (QED) is 0.121. The fourth-order valence-electron chi connectivity index (χ4n) is 3.98. The number of allylic oxidation sites excluding steroid dienone is 1. The number of nitrogens with one attached hydrogen (secondary N) is 1. The van der Waals surface area contributed by atoms with Gasteiger partial charge in [0.2, 0.25) is 5.91 Å². The maximum absolute atomic E-state index is 12.8. The van der Waals surface area contributed by atoms with Gasteiger partial charge >= 0.3 is 0 Å². The van der Waals surface area contributed by atoms with Crippen molar-refractivity contribution >= 4 is 35.2 Å². The van der Waals surface area contributed by atoms with Crippen molar-refractivity contribution in [2.45, 2.75) is 5.16 Å². The molecular weight excluding hydrogens is 520 g/mol. The smallest absolute Gasteiger partial charge is 0.234 e.